The molecule has 0 bridgehead atoms. The zero-order chi connectivity index (χ0) is 16.3. The zero-order valence-electron chi connectivity index (χ0n) is 11.6. The van der Waals surface area contributed by atoms with E-state index >= 15 is 0 Å². The molecule has 0 aliphatic heterocycles. The molecule has 0 heterocycles. The smallest absolute Gasteiger partial charge is 0.200 e. The van der Waals surface area contributed by atoms with Gasteiger partial charge in [-0.1, -0.05) is 0 Å². The minimum Gasteiger partial charge on any atom is -0.507 e. The molecule has 114 valence electrons. The van der Waals surface area contributed by atoms with Crippen molar-refractivity contribution < 1.29 is 30.0 Å². The molecule has 0 aromatic heterocycles. The van der Waals surface area contributed by atoms with Crippen LogP contribution in [0.15, 0.2) is 36.4 Å². The van der Waals surface area contributed by atoms with Crippen molar-refractivity contribution in [2.24, 2.45) is 0 Å². The van der Waals surface area contributed by atoms with Crippen molar-refractivity contribution in [3.63, 3.8) is 0 Å². The predicted molar refractivity (Wildman–Crippen MR) is 79.5 cm³/mol. The highest BCUT2D eigenvalue weighted by atomic mass is 16.5. The molecule has 2 aromatic carbocycles. The summed E-state index contributed by atoms with van der Waals surface area (Å²) >= 11 is 0. The standard InChI is InChI=1S/C16H14O6/c1-22-11-4-2-9(13(18)8-11)3-5-12(17)10-6-14(19)16(21)15(20)7-10/h2-8,18-21H,1H3/b5-3+. The van der Waals surface area contributed by atoms with Crippen LogP contribution in [0.4, 0.5) is 0 Å². The number of hydrogen-bond donors (Lipinski definition) is 4. The van der Waals surface area contributed by atoms with Gasteiger partial charge in [-0.2, -0.15) is 0 Å². The molecule has 4 N–H and O–H groups in total. The molecule has 0 saturated heterocycles. The summed E-state index contributed by atoms with van der Waals surface area (Å²) in [6.45, 7) is 0. The molecule has 6 heteroatoms. The van der Waals surface area contributed by atoms with Crippen molar-refractivity contribution in [1.29, 1.82) is 0 Å². The maximum Gasteiger partial charge on any atom is 0.200 e. The molecule has 0 aliphatic rings. The largest absolute Gasteiger partial charge is 0.507 e. The number of rotatable bonds is 4. The highest BCUT2D eigenvalue weighted by molar-refractivity contribution is 6.07. The van der Waals surface area contributed by atoms with E-state index < -0.39 is 23.0 Å². The number of methoxy groups -OCH3 is 1. The molecule has 0 amide bonds. The molecule has 2 rings (SSSR count). The lowest BCUT2D eigenvalue weighted by Gasteiger charge is -2.04. The normalized spacial score (nSPS) is 10.8. The quantitative estimate of drug-likeness (QED) is 0.392. The minimum atomic E-state index is -0.687. The highest BCUT2D eigenvalue weighted by Crippen LogP contribution is 2.35. The first-order valence-electron chi connectivity index (χ1n) is 6.26. The highest BCUT2D eigenvalue weighted by Gasteiger charge is 2.11. The van der Waals surface area contributed by atoms with E-state index in [1.54, 1.807) is 12.1 Å². The molecule has 0 aliphatic carbocycles. The summed E-state index contributed by atoms with van der Waals surface area (Å²) in [6, 6.07) is 6.68. The van der Waals surface area contributed by atoms with Crippen LogP contribution in [0.1, 0.15) is 15.9 Å². The number of ketones is 1. The Bertz CT molecular complexity index is 725. The number of phenols is 4. The number of carbonyl (C=O) groups excluding carboxylic acids is 1. The monoisotopic (exact) mass is 302 g/mol. The third kappa shape index (κ3) is 3.12. The summed E-state index contributed by atoms with van der Waals surface area (Å²) in [7, 11) is 1.47. The van der Waals surface area contributed by atoms with Crippen molar-refractivity contribution in [3.8, 4) is 28.7 Å². The minimum absolute atomic E-state index is 0.00273. The van der Waals surface area contributed by atoms with Crippen LogP contribution in [0.3, 0.4) is 0 Å². The van der Waals surface area contributed by atoms with Crippen LogP contribution < -0.4 is 4.74 Å². The number of phenolic OH excluding ortho intramolecular Hbond substituents is 4. The van der Waals surface area contributed by atoms with Crippen LogP contribution in [0, 0.1) is 0 Å². The van der Waals surface area contributed by atoms with Crippen molar-refractivity contribution >= 4 is 11.9 Å². The first kappa shape index (κ1) is 15.2. The number of hydrogen-bond acceptors (Lipinski definition) is 6. The molecular weight excluding hydrogens is 288 g/mol. The SMILES string of the molecule is COc1ccc(/C=C/C(=O)c2cc(O)c(O)c(O)c2)c(O)c1. The Morgan fingerprint density at radius 2 is 1.64 bits per heavy atom. The van der Waals surface area contributed by atoms with E-state index in [1.807, 2.05) is 0 Å². The van der Waals surface area contributed by atoms with Crippen molar-refractivity contribution in [2.75, 3.05) is 7.11 Å². The average molecular weight is 302 g/mol. The number of benzene rings is 2. The van der Waals surface area contributed by atoms with Crippen molar-refractivity contribution in [1.82, 2.24) is 0 Å². The molecule has 0 radical (unpaired) electrons. The Balaban J connectivity index is 2.25. The van der Waals surface area contributed by atoms with Gasteiger partial charge in [-0.3, -0.25) is 4.79 Å². The van der Waals surface area contributed by atoms with E-state index in [1.165, 1.54) is 25.3 Å². The lowest BCUT2D eigenvalue weighted by molar-refractivity contribution is 0.104. The first-order valence-corrected chi connectivity index (χ1v) is 6.26. The van der Waals surface area contributed by atoms with Crippen LogP contribution in [0.2, 0.25) is 0 Å². The van der Waals surface area contributed by atoms with Gasteiger partial charge >= 0.3 is 0 Å². The molecule has 6 nitrogen and oxygen atoms in total. The second kappa shape index (κ2) is 6.09. The zero-order valence-corrected chi connectivity index (χ0v) is 11.6. The Morgan fingerprint density at radius 1 is 1.00 bits per heavy atom. The van der Waals surface area contributed by atoms with E-state index in [2.05, 4.69) is 0 Å². The second-order valence-corrected chi connectivity index (χ2v) is 4.49. The topological polar surface area (TPSA) is 107 Å². The van der Waals surface area contributed by atoms with Crippen molar-refractivity contribution in [3.05, 3.63) is 47.5 Å². The molecule has 0 atom stereocenters. The third-order valence-electron chi connectivity index (χ3n) is 3.01. The summed E-state index contributed by atoms with van der Waals surface area (Å²) in [5.74, 6) is -1.96. The molecule has 0 saturated carbocycles. The molecule has 2 aromatic rings. The molecule has 0 spiro atoms. The van der Waals surface area contributed by atoms with Gasteiger partial charge in [0.25, 0.3) is 0 Å². The third-order valence-corrected chi connectivity index (χ3v) is 3.01. The van der Waals surface area contributed by atoms with E-state index in [0.29, 0.717) is 11.3 Å². The van der Waals surface area contributed by atoms with Crippen molar-refractivity contribution in [2.45, 2.75) is 0 Å². The maximum atomic E-state index is 12.0. The maximum absolute atomic E-state index is 12.0. The molecule has 22 heavy (non-hydrogen) atoms. The first-order chi connectivity index (χ1) is 10.4. The fourth-order valence-corrected chi connectivity index (χ4v) is 1.80. The summed E-state index contributed by atoms with van der Waals surface area (Å²) < 4.78 is 4.95. The number of aromatic hydroxyl groups is 4. The Hall–Kier alpha value is -3.15. The average Bonchev–Trinajstić information content (AvgIpc) is 2.50. The fourth-order valence-electron chi connectivity index (χ4n) is 1.80. The molecule has 0 unspecified atom stereocenters. The summed E-state index contributed by atoms with van der Waals surface area (Å²) in [5, 5.41) is 37.8. The van der Waals surface area contributed by atoms with Crippen LogP contribution in [-0.2, 0) is 0 Å². The van der Waals surface area contributed by atoms with E-state index in [0.717, 1.165) is 12.1 Å². The summed E-state index contributed by atoms with van der Waals surface area (Å²) in [6.07, 6.45) is 2.56. The molecular formula is C16H14O6. The Labute approximate surface area is 126 Å². The van der Waals surface area contributed by atoms with Gasteiger partial charge in [0, 0.05) is 17.2 Å². The van der Waals surface area contributed by atoms with Gasteiger partial charge in [0.1, 0.15) is 11.5 Å². The lowest BCUT2D eigenvalue weighted by Crippen LogP contribution is -1.94. The van der Waals surface area contributed by atoms with Crippen LogP contribution in [0.5, 0.6) is 28.7 Å². The van der Waals surface area contributed by atoms with E-state index in [-0.39, 0.29) is 11.3 Å². The number of ether oxygens (including phenoxy) is 1. The van der Waals surface area contributed by atoms with Gasteiger partial charge in [0.05, 0.1) is 7.11 Å². The van der Waals surface area contributed by atoms with E-state index in [9.17, 15) is 25.2 Å². The Kier molecular flexibility index (Phi) is 4.22. The van der Waals surface area contributed by atoms with Gasteiger partial charge < -0.3 is 25.2 Å². The Morgan fingerprint density at radius 3 is 2.18 bits per heavy atom. The van der Waals surface area contributed by atoms with Crippen LogP contribution >= 0.6 is 0 Å². The van der Waals surface area contributed by atoms with Gasteiger partial charge in [-0.05, 0) is 36.4 Å². The summed E-state index contributed by atoms with van der Waals surface area (Å²) in [5.41, 5.74) is 0.401. The lowest BCUT2D eigenvalue weighted by atomic mass is 10.1. The fraction of sp³-hybridized carbons (Fsp3) is 0.0625. The van der Waals surface area contributed by atoms with Gasteiger partial charge in [-0.25, -0.2) is 0 Å². The second-order valence-electron chi connectivity index (χ2n) is 4.49. The number of carbonyl (C=O) groups is 1. The summed E-state index contributed by atoms with van der Waals surface area (Å²) in [4.78, 5) is 12.0. The van der Waals surface area contributed by atoms with Crippen LogP contribution in [-0.4, -0.2) is 33.3 Å². The predicted octanol–water partition coefficient (Wildman–Crippen LogP) is 2.41. The van der Waals surface area contributed by atoms with Gasteiger partial charge in [-0.15, -0.1) is 0 Å². The molecule has 0 fully saturated rings. The number of allylic oxidation sites excluding steroid dienone is 1. The van der Waals surface area contributed by atoms with Gasteiger partial charge in [0.2, 0.25) is 0 Å². The van der Waals surface area contributed by atoms with Crippen LogP contribution in [0.25, 0.3) is 6.08 Å². The van der Waals surface area contributed by atoms with E-state index in [4.69, 9.17) is 4.74 Å². The van der Waals surface area contributed by atoms with Gasteiger partial charge in [0.15, 0.2) is 23.0 Å².